The lowest BCUT2D eigenvalue weighted by molar-refractivity contribution is -0.137. The Morgan fingerprint density at radius 2 is 1.63 bits per heavy atom. The van der Waals surface area contributed by atoms with Gasteiger partial charge in [0, 0.05) is 24.3 Å². The van der Waals surface area contributed by atoms with Gasteiger partial charge in [-0.25, -0.2) is 4.79 Å². The van der Waals surface area contributed by atoms with Crippen molar-refractivity contribution in [3.05, 3.63) is 65.2 Å². The molecule has 0 heterocycles. The summed E-state index contributed by atoms with van der Waals surface area (Å²) >= 11 is 0. The van der Waals surface area contributed by atoms with E-state index in [9.17, 15) is 22.8 Å². The summed E-state index contributed by atoms with van der Waals surface area (Å²) in [6.45, 7) is 5.70. The summed E-state index contributed by atoms with van der Waals surface area (Å²) in [7, 11) is 0. The van der Waals surface area contributed by atoms with Crippen molar-refractivity contribution in [3.63, 3.8) is 0 Å². The molecule has 0 spiro atoms. The van der Waals surface area contributed by atoms with Crippen molar-refractivity contribution in [2.45, 2.75) is 20.0 Å². The minimum atomic E-state index is -4.54. The molecule has 5 nitrogen and oxygen atoms in total. The van der Waals surface area contributed by atoms with Crippen molar-refractivity contribution in [2.75, 3.05) is 31.1 Å². The number of carbonyl (C=O) groups excluding carboxylic acids is 2. The highest BCUT2D eigenvalue weighted by molar-refractivity contribution is 5.94. The summed E-state index contributed by atoms with van der Waals surface area (Å²) in [5.74, 6) is -1.21. The average Bonchev–Trinajstić information content (AvgIpc) is 2.71. The van der Waals surface area contributed by atoms with Crippen LogP contribution in [0.1, 0.15) is 40.1 Å². The number of hydrogen-bond donors (Lipinski definition) is 1. The van der Waals surface area contributed by atoms with E-state index in [2.05, 4.69) is 10.2 Å². The maximum absolute atomic E-state index is 12.7. The summed E-state index contributed by atoms with van der Waals surface area (Å²) in [6.07, 6.45) is -4.54. The van der Waals surface area contributed by atoms with Crippen molar-refractivity contribution >= 4 is 30.0 Å². The first-order chi connectivity index (χ1) is 13.8. The fourth-order valence-corrected chi connectivity index (χ4v) is 2.73. The van der Waals surface area contributed by atoms with Crippen LogP contribution < -0.4 is 10.2 Å². The fourth-order valence-electron chi connectivity index (χ4n) is 2.73. The van der Waals surface area contributed by atoms with Gasteiger partial charge in [0.05, 0.1) is 17.7 Å². The van der Waals surface area contributed by atoms with Crippen molar-refractivity contribution in [1.82, 2.24) is 5.32 Å². The van der Waals surface area contributed by atoms with Gasteiger partial charge in [0.25, 0.3) is 5.91 Å². The van der Waals surface area contributed by atoms with Crippen molar-refractivity contribution in [3.8, 4) is 0 Å². The summed E-state index contributed by atoms with van der Waals surface area (Å²) in [4.78, 5) is 26.2. The molecular weight excluding hydrogens is 421 g/mol. The van der Waals surface area contributed by atoms with E-state index in [0.717, 1.165) is 37.0 Å². The van der Waals surface area contributed by atoms with Gasteiger partial charge < -0.3 is 15.0 Å². The lowest BCUT2D eigenvalue weighted by atomic mass is 10.1. The number of ether oxygens (including phenoxy) is 1. The van der Waals surface area contributed by atoms with Crippen LogP contribution in [0.2, 0.25) is 0 Å². The number of nitrogens with one attached hydrogen (secondary N) is 1. The van der Waals surface area contributed by atoms with Crippen LogP contribution in [0.15, 0.2) is 48.5 Å². The normalized spacial score (nSPS) is 10.7. The number of halogens is 4. The van der Waals surface area contributed by atoms with Gasteiger partial charge in [-0.2, -0.15) is 13.2 Å². The Morgan fingerprint density at radius 3 is 2.20 bits per heavy atom. The van der Waals surface area contributed by atoms with Gasteiger partial charge in [-0.05, 0) is 56.3 Å². The smallest absolute Gasteiger partial charge is 0.416 e. The molecule has 0 bridgehead atoms. The maximum Gasteiger partial charge on any atom is 0.416 e. The molecular formula is C21H24ClF3N2O3. The van der Waals surface area contributed by atoms with Gasteiger partial charge in [0.2, 0.25) is 0 Å². The zero-order valence-corrected chi connectivity index (χ0v) is 17.5. The Kier molecular flexibility index (Phi) is 9.65. The Labute approximate surface area is 179 Å². The molecule has 0 unspecified atom stereocenters. The van der Waals surface area contributed by atoms with Crippen LogP contribution in [-0.2, 0) is 10.9 Å². The number of hydrogen-bond acceptors (Lipinski definition) is 4. The number of amides is 1. The first-order valence-corrected chi connectivity index (χ1v) is 9.23. The lowest BCUT2D eigenvalue weighted by Crippen LogP contribution is -2.28. The number of alkyl halides is 3. The molecule has 9 heteroatoms. The fraction of sp³-hybridized carbons (Fsp3) is 0.333. The van der Waals surface area contributed by atoms with Crippen molar-refractivity contribution in [2.24, 2.45) is 0 Å². The second-order valence-corrected chi connectivity index (χ2v) is 6.19. The summed E-state index contributed by atoms with van der Waals surface area (Å²) in [5.41, 5.74) is 0.359. The van der Waals surface area contributed by atoms with Gasteiger partial charge in [0.1, 0.15) is 6.61 Å². The maximum atomic E-state index is 12.7. The first-order valence-electron chi connectivity index (χ1n) is 9.23. The van der Waals surface area contributed by atoms with E-state index in [1.165, 1.54) is 6.07 Å². The third-order valence-electron chi connectivity index (χ3n) is 4.30. The minimum absolute atomic E-state index is 0. The molecule has 2 rings (SSSR count). The van der Waals surface area contributed by atoms with E-state index in [0.29, 0.717) is 5.56 Å². The van der Waals surface area contributed by atoms with E-state index >= 15 is 0 Å². The highest BCUT2D eigenvalue weighted by Crippen LogP contribution is 2.29. The van der Waals surface area contributed by atoms with Crippen molar-refractivity contribution < 1.29 is 27.5 Å². The molecule has 1 amide bonds. The molecule has 0 aliphatic heterocycles. The number of carbonyl (C=O) groups is 2. The molecule has 0 radical (unpaired) electrons. The summed E-state index contributed by atoms with van der Waals surface area (Å²) < 4.78 is 43.0. The standard InChI is InChI=1S/C21H23F3N2O3.ClH/c1-3-26(4-2)18-10-8-15(9-11-18)19(27)25-12-13-29-20(28)16-6-5-7-17(14-16)21(22,23)24;/h5-11,14H,3-4,12-13H2,1-2H3,(H,25,27);1H. The third kappa shape index (κ3) is 6.95. The first kappa shape index (κ1) is 25.3. The van der Waals surface area contributed by atoms with Crippen LogP contribution in [0, 0.1) is 0 Å². The van der Waals surface area contributed by atoms with Crippen LogP contribution >= 0.6 is 12.4 Å². The van der Waals surface area contributed by atoms with Gasteiger partial charge in [-0.3, -0.25) is 4.79 Å². The predicted molar refractivity (Wildman–Crippen MR) is 111 cm³/mol. The van der Waals surface area contributed by atoms with E-state index in [1.54, 1.807) is 12.1 Å². The Balaban J connectivity index is 0.00000450. The summed E-state index contributed by atoms with van der Waals surface area (Å²) in [5, 5.41) is 2.61. The van der Waals surface area contributed by atoms with E-state index in [4.69, 9.17) is 4.74 Å². The quantitative estimate of drug-likeness (QED) is 0.479. The Morgan fingerprint density at radius 1 is 1.00 bits per heavy atom. The molecule has 0 aromatic heterocycles. The molecule has 0 saturated carbocycles. The molecule has 0 aliphatic carbocycles. The van der Waals surface area contributed by atoms with Crippen LogP contribution in [0.5, 0.6) is 0 Å². The highest BCUT2D eigenvalue weighted by Gasteiger charge is 2.31. The SMILES string of the molecule is CCN(CC)c1ccc(C(=O)NCCOC(=O)c2cccc(C(F)(F)F)c2)cc1.Cl. The van der Waals surface area contributed by atoms with Crippen LogP contribution in [-0.4, -0.2) is 38.1 Å². The second-order valence-electron chi connectivity index (χ2n) is 6.19. The lowest BCUT2D eigenvalue weighted by Gasteiger charge is -2.21. The van der Waals surface area contributed by atoms with Gasteiger partial charge >= 0.3 is 12.1 Å². The molecule has 2 aromatic carbocycles. The van der Waals surface area contributed by atoms with E-state index in [-0.39, 0.29) is 37.0 Å². The number of rotatable bonds is 8. The highest BCUT2D eigenvalue weighted by atomic mass is 35.5. The molecule has 30 heavy (non-hydrogen) atoms. The topological polar surface area (TPSA) is 58.6 Å². The summed E-state index contributed by atoms with van der Waals surface area (Å²) in [6, 6.07) is 11.1. The van der Waals surface area contributed by atoms with Gasteiger partial charge in [-0.15, -0.1) is 12.4 Å². The van der Waals surface area contributed by atoms with Crippen molar-refractivity contribution in [1.29, 1.82) is 0 Å². The number of benzene rings is 2. The Bertz CT molecular complexity index is 838. The number of esters is 1. The number of nitrogens with zero attached hydrogens (tertiary/aromatic N) is 1. The van der Waals surface area contributed by atoms with Crippen LogP contribution in [0.3, 0.4) is 0 Å². The molecule has 1 N–H and O–H groups in total. The Hall–Kier alpha value is -2.74. The monoisotopic (exact) mass is 444 g/mol. The predicted octanol–water partition coefficient (Wildman–Crippen LogP) is 4.56. The van der Waals surface area contributed by atoms with Gasteiger partial charge in [0.15, 0.2) is 0 Å². The molecule has 0 aliphatic rings. The number of anilines is 1. The zero-order chi connectivity index (χ0) is 21.4. The molecule has 0 fully saturated rings. The van der Waals surface area contributed by atoms with E-state index < -0.39 is 17.7 Å². The van der Waals surface area contributed by atoms with Crippen LogP contribution in [0.4, 0.5) is 18.9 Å². The molecule has 0 atom stereocenters. The molecule has 0 saturated heterocycles. The van der Waals surface area contributed by atoms with Gasteiger partial charge in [-0.1, -0.05) is 6.07 Å². The third-order valence-corrected chi connectivity index (χ3v) is 4.30. The molecule has 2 aromatic rings. The van der Waals surface area contributed by atoms with Crippen LogP contribution in [0.25, 0.3) is 0 Å². The minimum Gasteiger partial charge on any atom is -0.460 e. The zero-order valence-electron chi connectivity index (χ0n) is 16.7. The molecule has 164 valence electrons. The second kappa shape index (κ2) is 11.4. The average molecular weight is 445 g/mol. The van der Waals surface area contributed by atoms with E-state index in [1.807, 2.05) is 26.0 Å². The largest absolute Gasteiger partial charge is 0.460 e.